The lowest BCUT2D eigenvalue weighted by atomic mass is 9.90. The molecule has 1 fully saturated rings. The second kappa shape index (κ2) is 3.75. The van der Waals surface area contributed by atoms with Gasteiger partial charge < -0.3 is 5.11 Å². The number of hydrogen-bond acceptors (Lipinski definition) is 3. The minimum atomic E-state index is -3.31. The molecule has 1 aliphatic heterocycles. The van der Waals surface area contributed by atoms with E-state index < -0.39 is 26.7 Å². The first-order chi connectivity index (χ1) is 6.70. The SMILES string of the molecule is CC(C)S(=O)(=O)N1CCC(C)(C(=O)O)C1. The summed E-state index contributed by atoms with van der Waals surface area (Å²) in [7, 11) is -3.31. The van der Waals surface area contributed by atoms with Gasteiger partial charge in [-0.15, -0.1) is 0 Å². The van der Waals surface area contributed by atoms with Crippen LogP contribution in [0.25, 0.3) is 0 Å². The van der Waals surface area contributed by atoms with Gasteiger partial charge in [-0.2, -0.15) is 0 Å². The highest BCUT2D eigenvalue weighted by molar-refractivity contribution is 7.89. The van der Waals surface area contributed by atoms with Crippen LogP contribution in [0.4, 0.5) is 0 Å². The molecule has 5 nitrogen and oxygen atoms in total. The lowest BCUT2D eigenvalue weighted by molar-refractivity contribution is -0.146. The van der Waals surface area contributed by atoms with E-state index in [1.54, 1.807) is 20.8 Å². The monoisotopic (exact) mass is 235 g/mol. The molecule has 0 amide bonds. The predicted molar refractivity (Wildman–Crippen MR) is 56.0 cm³/mol. The summed E-state index contributed by atoms with van der Waals surface area (Å²) in [6.07, 6.45) is 0.383. The van der Waals surface area contributed by atoms with Gasteiger partial charge in [-0.1, -0.05) is 0 Å². The van der Waals surface area contributed by atoms with Crippen molar-refractivity contribution in [1.29, 1.82) is 0 Å². The van der Waals surface area contributed by atoms with Gasteiger partial charge in [0.05, 0.1) is 10.7 Å². The van der Waals surface area contributed by atoms with Gasteiger partial charge in [-0.3, -0.25) is 4.79 Å². The Morgan fingerprint density at radius 1 is 1.47 bits per heavy atom. The van der Waals surface area contributed by atoms with Crippen molar-refractivity contribution in [2.75, 3.05) is 13.1 Å². The molecule has 0 aliphatic carbocycles. The molecule has 6 heteroatoms. The molecule has 1 N–H and O–H groups in total. The van der Waals surface area contributed by atoms with Crippen LogP contribution >= 0.6 is 0 Å². The van der Waals surface area contributed by atoms with Gasteiger partial charge >= 0.3 is 5.97 Å². The van der Waals surface area contributed by atoms with Gasteiger partial charge in [0.15, 0.2) is 0 Å². The van der Waals surface area contributed by atoms with Crippen molar-refractivity contribution in [1.82, 2.24) is 4.31 Å². The van der Waals surface area contributed by atoms with E-state index in [9.17, 15) is 13.2 Å². The van der Waals surface area contributed by atoms with Crippen molar-refractivity contribution in [2.24, 2.45) is 5.41 Å². The standard InChI is InChI=1S/C9H17NO4S/c1-7(2)15(13,14)10-5-4-9(3,6-10)8(11)12/h7H,4-6H2,1-3H3,(H,11,12). The Balaban J connectivity index is 2.86. The second-order valence-corrected chi connectivity index (χ2v) is 7.03. The van der Waals surface area contributed by atoms with E-state index in [4.69, 9.17) is 5.11 Å². The highest BCUT2D eigenvalue weighted by Gasteiger charge is 2.44. The molecule has 1 rings (SSSR count). The van der Waals surface area contributed by atoms with Crippen LogP contribution in [0.15, 0.2) is 0 Å². The first kappa shape index (κ1) is 12.4. The average molecular weight is 235 g/mol. The largest absolute Gasteiger partial charge is 0.481 e. The molecule has 1 unspecified atom stereocenters. The summed E-state index contributed by atoms with van der Waals surface area (Å²) in [6.45, 7) is 5.19. The third-order valence-electron chi connectivity index (χ3n) is 2.91. The van der Waals surface area contributed by atoms with Crippen molar-refractivity contribution < 1.29 is 18.3 Å². The van der Waals surface area contributed by atoms with Crippen LogP contribution in [-0.4, -0.2) is 42.1 Å². The van der Waals surface area contributed by atoms with Crippen LogP contribution in [-0.2, 0) is 14.8 Å². The maximum Gasteiger partial charge on any atom is 0.310 e. The van der Waals surface area contributed by atoms with Gasteiger partial charge in [-0.25, -0.2) is 12.7 Å². The van der Waals surface area contributed by atoms with Crippen LogP contribution < -0.4 is 0 Å². The number of carboxylic acid groups (broad SMARTS) is 1. The Morgan fingerprint density at radius 2 is 2.00 bits per heavy atom. The molecule has 0 aromatic rings. The summed E-state index contributed by atoms with van der Waals surface area (Å²) in [6, 6.07) is 0. The molecular weight excluding hydrogens is 218 g/mol. The number of carbonyl (C=O) groups is 1. The van der Waals surface area contributed by atoms with Crippen LogP contribution in [0.2, 0.25) is 0 Å². The molecular formula is C9H17NO4S. The summed E-state index contributed by atoms with van der Waals surface area (Å²) >= 11 is 0. The van der Waals surface area contributed by atoms with Gasteiger partial charge in [0, 0.05) is 13.1 Å². The highest BCUT2D eigenvalue weighted by atomic mass is 32.2. The molecule has 0 aromatic carbocycles. The second-order valence-electron chi connectivity index (χ2n) is 4.54. The fourth-order valence-corrected chi connectivity index (χ4v) is 3.02. The van der Waals surface area contributed by atoms with Gasteiger partial charge in [0.25, 0.3) is 0 Å². The van der Waals surface area contributed by atoms with E-state index in [-0.39, 0.29) is 6.54 Å². The number of carboxylic acids is 1. The van der Waals surface area contributed by atoms with E-state index in [2.05, 4.69) is 0 Å². The van der Waals surface area contributed by atoms with E-state index in [0.29, 0.717) is 13.0 Å². The van der Waals surface area contributed by atoms with Crippen LogP contribution in [0.3, 0.4) is 0 Å². The number of nitrogens with zero attached hydrogens (tertiary/aromatic N) is 1. The highest BCUT2D eigenvalue weighted by Crippen LogP contribution is 2.32. The topological polar surface area (TPSA) is 74.7 Å². The molecule has 0 bridgehead atoms. The maximum absolute atomic E-state index is 11.8. The van der Waals surface area contributed by atoms with Crippen LogP contribution in [0, 0.1) is 5.41 Å². The lowest BCUT2D eigenvalue weighted by Crippen LogP contribution is -2.38. The Morgan fingerprint density at radius 3 is 2.33 bits per heavy atom. The minimum Gasteiger partial charge on any atom is -0.481 e. The molecule has 1 aliphatic rings. The molecule has 0 aromatic heterocycles. The Hall–Kier alpha value is -0.620. The normalized spacial score (nSPS) is 28.5. The predicted octanol–water partition coefficient (Wildman–Crippen LogP) is 0.521. The summed E-state index contributed by atoms with van der Waals surface area (Å²) < 4.78 is 24.8. The number of aliphatic carboxylic acids is 1. The average Bonchev–Trinajstić information content (AvgIpc) is 2.49. The van der Waals surface area contributed by atoms with Crippen molar-refractivity contribution >= 4 is 16.0 Å². The Kier molecular flexibility index (Phi) is 3.11. The van der Waals surface area contributed by atoms with Crippen molar-refractivity contribution in [2.45, 2.75) is 32.4 Å². The molecule has 1 saturated heterocycles. The van der Waals surface area contributed by atoms with Gasteiger partial charge in [-0.05, 0) is 27.2 Å². The smallest absolute Gasteiger partial charge is 0.310 e. The summed E-state index contributed by atoms with van der Waals surface area (Å²) in [5.74, 6) is -0.927. The third kappa shape index (κ3) is 2.15. The number of hydrogen-bond donors (Lipinski definition) is 1. The summed E-state index contributed by atoms with van der Waals surface area (Å²) in [4.78, 5) is 10.9. The Bertz CT molecular complexity index is 362. The zero-order chi connectivity index (χ0) is 11.9. The first-order valence-electron chi connectivity index (χ1n) is 4.92. The molecule has 15 heavy (non-hydrogen) atoms. The van der Waals surface area contributed by atoms with E-state index >= 15 is 0 Å². The number of sulfonamides is 1. The fraction of sp³-hybridized carbons (Fsp3) is 0.889. The van der Waals surface area contributed by atoms with Crippen molar-refractivity contribution in [3.05, 3.63) is 0 Å². The van der Waals surface area contributed by atoms with Crippen molar-refractivity contribution in [3.63, 3.8) is 0 Å². The minimum absolute atomic E-state index is 0.0862. The quantitative estimate of drug-likeness (QED) is 0.774. The molecule has 0 saturated carbocycles. The number of rotatable bonds is 3. The zero-order valence-electron chi connectivity index (χ0n) is 9.23. The first-order valence-corrected chi connectivity index (χ1v) is 6.43. The van der Waals surface area contributed by atoms with Crippen LogP contribution in [0.1, 0.15) is 27.2 Å². The van der Waals surface area contributed by atoms with E-state index in [1.165, 1.54) is 4.31 Å². The molecule has 88 valence electrons. The molecule has 0 radical (unpaired) electrons. The molecule has 1 heterocycles. The summed E-state index contributed by atoms with van der Waals surface area (Å²) in [5.41, 5.74) is -0.929. The summed E-state index contributed by atoms with van der Waals surface area (Å²) in [5, 5.41) is 8.48. The molecule has 1 atom stereocenters. The molecule has 0 spiro atoms. The van der Waals surface area contributed by atoms with Crippen LogP contribution in [0.5, 0.6) is 0 Å². The van der Waals surface area contributed by atoms with Crippen molar-refractivity contribution in [3.8, 4) is 0 Å². The zero-order valence-corrected chi connectivity index (χ0v) is 10.0. The Labute approximate surface area is 90.1 Å². The fourth-order valence-electron chi connectivity index (χ4n) is 1.61. The van der Waals surface area contributed by atoms with Gasteiger partial charge in [0.1, 0.15) is 0 Å². The van der Waals surface area contributed by atoms with E-state index in [1.807, 2.05) is 0 Å². The van der Waals surface area contributed by atoms with Gasteiger partial charge in [0.2, 0.25) is 10.0 Å². The van der Waals surface area contributed by atoms with E-state index in [0.717, 1.165) is 0 Å². The maximum atomic E-state index is 11.8. The third-order valence-corrected chi connectivity index (χ3v) is 5.13. The lowest BCUT2D eigenvalue weighted by Gasteiger charge is -2.21.